The number of amides is 1. The molecule has 1 aromatic carbocycles. The number of carbonyl (C=O) groups excluding carboxylic acids is 1. The fourth-order valence-corrected chi connectivity index (χ4v) is 1.84. The van der Waals surface area contributed by atoms with Crippen LogP contribution in [-0.4, -0.2) is 13.0 Å². The Labute approximate surface area is 89.9 Å². The van der Waals surface area contributed by atoms with E-state index in [1.54, 1.807) is 11.9 Å². The van der Waals surface area contributed by atoms with Crippen LogP contribution in [0.4, 0.5) is 11.4 Å². The number of para-hydroxylation sites is 2. The zero-order valence-corrected chi connectivity index (χ0v) is 8.94. The molecule has 3 nitrogen and oxygen atoms in total. The molecule has 1 fully saturated rings. The molecule has 1 amide bonds. The number of rotatable bonds is 2. The van der Waals surface area contributed by atoms with Crippen LogP contribution in [0.1, 0.15) is 19.3 Å². The highest BCUT2D eigenvalue weighted by Crippen LogP contribution is 2.31. The summed E-state index contributed by atoms with van der Waals surface area (Å²) in [5.41, 5.74) is 7.30. The average molecular weight is 204 g/mol. The number of benzene rings is 1. The minimum Gasteiger partial charge on any atom is -0.397 e. The second kappa shape index (κ2) is 3.93. The minimum absolute atomic E-state index is 0.194. The summed E-state index contributed by atoms with van der Waals surface area (Å²) in [5.74, 6) is 0.411. The van der Waals surface area contributed by atoms with E-state index in [0.29, 0.717) is 5.69 Å². The molecule has 1 aliphatic rings. The van der Waals surface area contributed by atoms with Crippen molar-refractivity contribution in [3.8, 4) is 0 Å². The molecule has 0 aliphatic heterocycles. The van der Waals surface area contributed by atoms with Crippen molar-refractivity contribution in [2.45, 2.75) is 19.3 Å². The molecule has 0 aromatic heterocycles. The van der Waals surface area contributed by atoms with Crippen molar-refractivity contribution in [2.24, 2.45) is 5.92 Å². The van der Waals surface area contributed by atoms with Gasteiger partial charge in [-0.05, 0) is 25.0 Å². The van der Waals surface area contributed by atoms with Crippen LogP contribution in [0.3, 0.4) is 0 Å². The molecule has 0 spiro atoms. The van der Waals surface area contributed by atoms with Gasteiger partial charge in [-0.25, -0.2) is 0 Å². The number of nitrogens with zero attached hydrogens (tertiary/aromatic N) is 1. The van der Waals surface area contributed by atoms with Gasteiger partial charge in [-0.3, -0.25) is 4.79 Å². The second-order valence-electron chi connectivity index (χ2n) is 4.08. The summed E-state index contributed by atoms with van der Waals surface area (Å²) in [6.45, 7) is 0. The predicted octanol–water partition coefficient (Wildman–Crippen LogP) is 2.03. The van der Waals surface area contributed by atoms with E-state index in [9.17, 15) is 4.79 Å². The van der Waals surface area contributed by atoms with Crippen LogP contribution in [0.2, 0.25) is 0 Å². The number of hydrogen-bond donors (Lipinski definition) is 1. The van der Waals surface area contributed by atoms with Gasteiger partial charge < -0.3 is 10.6 Å². The Balaban J connectivity index is 2.16. The van der Waals surface area contributed by atoms with Crippen LogP contribution in [0.5, 0.6) is 0 Å². The first kappa shape index (κ1) is 10.0. The Hall–Kier alpha value is -1.51. The molecular weight excluding hydrogens is 188 g/mol. The van der Waals surface area contributed by atoms with Crippen molar-refractivity contribution in [2.75, 3.05) is 17.7 Å². The Morgan fingerprint density at radius 3 is 2.60 bits per heavy atom. The summed E-state index contributed by atoms with van der Waals surface area (Å²) >= 11 is 0. The van der Waals surface area contributed by atoms with Crippen LogP contribution in [0.25, 0.3) is 0 Å². The summed E-state index contributed by atoms with van der Waals surface area (Å²) in [4.78, 5) is 13.6. The van der Waals surface area contributed by atoms with Crippen LogP contribution >= 0.6 is 0 Å². The molecule has 2 rings (SSSR count). The Morgan fingerprint density at radius 2 is 2.07 bits per heavy atom. The Bertz CT molecular complexity index is 372. The van der Waals surface area contributed by atoms with E-state index in [1.807, 2.05) is 24.3 Å². The summed E-state index contributed by atoms with van der Waals surface area (Å²) in [6, 6.07) is 7.47. The maximum Gasteiger partial charge on any atom is 0.229 e. The van der Waals surface area contributed by atoms with Gasteiger partial charge in [0.1, 0.15) is 0 Å². The molecule has 15 heavy (non-hydrogen) atoms. The first-order valence-corrected chi connectivity index (χ1v) is 5.32. The third-order valence-corrected chi connectivity index (χ3v) is 3.08. The predicted molar refractivity (Wildman–Crippen MR) is 61.6 cm³/mol. The van der Waals surface area contributed by atoms with Gasteiger partial charge in [0, 0.05) is 13.0 Å². The smallest absolute Gasteiger partial charge is 0.229 e. The van der Waals surface area contributed by atoms with Crippen LogP contribution < -0.4 is 10.6 Å². The number of hydrogen-bond acceptors (Lipinski definition) is 2. The highest BCUT2D eigenvalue weighted by molar-refractivity contribution is 5.97. The number of anilines is 2. The molecule has 0 unspecified atom stereocenters. The quantitative estimate of drug-likeness (QED) is 0.749. The average Bonchev–Trinajstić information content (AvgIpc) is 2.15. The highest BCUT2D eigenvalue weighted by Gasteiger charge is 2.28. The van der Waals surface area contributed by atoms with Crippen LogP contribution in [0.15, 0.2) is 24.3 Å². The van der Waals surface area contributed by atoms with E-state index in [2.05, 4.69) is 0 Å². The van der Waals surface area contributed by atoms with E-state index in [4.69, 9.17) is 5.73 Å². The molecule has 80 valence electrons. The third-order valence-electron chi connectivity index (χ3n) is 3.08. The maximum absolute atomic E-state index is 11.9. The van der Waals surface area contributed by atoms with Gasteiger partial charge in [0.15, 0.2) is 0 Å². The number of nitrogens with two attached hydrogens (primary N) is 1. The molecule has 0 heterocycles. The molecule has 0 radical (unpaired) electrons. The van der Waals surface area contributed by atoms with Crippen molar-refractivity contribution >= 4 is 17.3 Å². The second-order valence-corrected chi connectivity index (χ2v) is 4.08. The molecule has 0 saturated heterocycles. The van der Waals surface area contributed by atoms with Crippen molar-refractivity contribution in [3.05, 3.63) is 24.3 Å². The molecule has 0 bridgehead atoms. The monoisotopic (exact) mass is 204 g/mol. The molecule has 1 aromatic rings. The van der Waals surface area contributed by atoms with E-state index in [0.717, 1.165) is 18.5 Å². The lowest BCUT2D eigenvalue weighted by molar-refractivity contribution is -0.124. The van der Waals surface area contributed by atoms with E-state index in [-0.39, 0.29) is 11.8 Å². The van der Waals surface area contributed by atoms with E-state index >= 15 is 0 Å². The first-order valence-electron chi connectivity index (χ1n) is 5.32. The summed E-state index contributed by atoms with van der Waals surface area (Å²) < 4.78 is 0. The zero-order valence-electron chi connectivity index (χ0n) is 8.94. The summed E-state index contributed by atoms with van der Waals surface area (Å²) in [7, 11) is 1.80. The van der Waals surface area contributed by atoms with Crippen molar-refractivity contribution in [1.82, 2.24) is 0 Å². The zero-order chi connectivity index (χ0) is 10.8. The normalized spacial score (nSPS) is 15.8. The lowest BCUT2D eigenvalue weighted by Crippen LogP contribution is -2.36. The minimum atomic E-state index is 0.194. The molecule has 2 N–H and O–H groups in total. The largest absolute Gasteiger partial charge is 0.397 e. The molecule has 1 saturated carbocycles. The standard InChI is InChI=1S/C12H16N2O/c1-14(12(15)9-5-4-6-9)11-8-3-2-7-10(11)13/h2-3,7-9H,4-6,13H2,1H3. The highest BCUT2D eigenvalue weighted by atomic mass is 16.2. The summed E-state index contributed by atoms with van der Waals surface area (Å²) in [5, 5.41) is 0. The molecule has 0 atom stereocenters. The SMILES string of the molecule is CN(C(=O)C1CCC1)c1ccccc1N. The van der Waals surface area contributed by atoms with Crippen molar-refractivity contribution in [3.63, 3.8) is 0 Å². The maximum atomic E-state index is 11.9. The van der Waals surface area contributed by atoms with Gasteiger partial charge in [-0.1, -0.05) is 18.6 Å². The van der Waals surface area contributed by atoms with Crippen LogP contribution in [0, 0.1) is 5.92 Å². The fourth-order valence-electron chi connectivity index (χ4n) is 1.84. The molecule has 1 aliphatic carbocycles. The number of nitrogen functional groups attached to an aromatic ring is 1. The Kier molecular flexibility index (Phi) is 2.62. The van der Waals surface area contributed by atoms with E-state index < -0.39 is 0 Å². The van der Waals surface area contributed by atoms with Gasteiger partial charge in [0.25, 0.3) is 0 Å². The first-order chi connectivity index (χ1) is 7.20. The van der Waals surface area contributed by atoms with Crippen molar-refractivity contribution in [1.29, 1.82) is 0 Å². The molecular formula is C12H16N2O. The fraction of sp³-hybridized carbons (Fsp3) is 0.417. The molecule has 3 heteroatoms. The lowest BCUT2D eigenvalue weighted by Gasteiger charge is -2.29. The third kappa shape index (κ3) is 1.82. The van der Waals surface area contributed by atoms with E-state index in [1.165, 1.54) is 6.42 Å². The van der Waals surface area contributed by atoms with Gasteiger partial charge in [-0.15, -0.1) is 0 Å². The van der Waals surface area contributed by atoms with Crippen molar-refractivity contribution < 1.29 is 4.79 Å². The Morgan fingerprint density at radius 1 is 1.40 bits per heavy atom. The summed E-state index contributed by atoms with van der Waals surface area (Å²) in [6.07, 6.45) is 3.22. The topological polar surface area (TPSA) is 46.3 Å². The van der Waals surface area contributed by atoms with Gasteiger partial charge in [-0.2, -0.15) is 0 Å². The van der Waals surface area contributed by atoms with Gasteiger partial charge in [0.05, 0.1) is 11.4 Å². The van der Waals surface area contributed by atoms with Crippen LogP contribution in [-0.2, 0) is 4.79 Å². The number of carbonyl (C=O) groups is 1. The van der Waals surface area contributed by atoms with Gasteiger partial charge >= 0.3 is 0 Å². The van der Waals surface area contributed by atoms with Gasteiger partial charge in [0.2, 0.25) is 5.91 Å². The lowest BCUT2D eigenvalue weighted by atomic mass is 9.84.